The summed E-state index contributed by atoms with van der Waals surface area (Å²) in [5.74, 6) is -1.67. The van der Waals surface area contributed by atoms with Crippen LogP contribution in [0.5, 0.6) is 0 Å². The minimum absolute atomic E-state index is 0.0405. The highest BCUT2D eigenvalue weighted by Gasteiger charge is 2.37. The van der Waals surface area contributed by atoms with Crippen molar-refractivity contribution in [2.45, 2.75) is 155 Å². The molecule has 0 fully saturated rings. The van der Waals surface area contributed by atoms with Crippen molar-refractivity contribution in [3.8, 4) is 0 Å². The van der Waals surface area contributed by atoms with Gasteiger partial charge in [-0.1, -0.05) is 129 Å². The van der Waals surface area contributed by atoms with Crippen LogP contribution in [-0.2, 0) is 9.59 Å². The van der Waals surface area contributed by atoms with Crippen molar-refractivity contribution in [2.24, 2.45) is 5.41 Å². The van der Waals surface area contributed by atoms with Crippen LogP contribution in [0.15, 0.2) is 0 Å². The molecule has 0 aromatic heterocycles. The van der Waals surface area contributed by atoms with Gasteiger partial charge in [0.25, 0.3) is 0 Å². The Bertz CT molecular complexity index is 411. The van der Waals surface area contributed by atoms with Gasteiger partial charge in [0.05, 0.1) is 5.41 Å². The molecule has 0 aromatic rings. The fourth-order valence-corrected chi connectivity index (χ4v) is 4.59. The van der Waals surface area contributed by atoms with Crippen LogP contribution in [0, 0.1) is 5.41 Å². The largest absolute Gasteiger partial charge is 0.481 e. The molecule has 0 aliphatic rings. The Balaban J connectivity index is 4.28. The van der Waals surface area contributed by atoms with E-state index in [4.69, 9.17) is 5.11 Å². The summed E-state index contributed by atoms with van der Waals surface area (Å²) >= 11 is 0. The maximum absolute atomic E-state index is 12.2. The third-order valence-electron chi connectivity index (χ3n) is 6.79. The fourth-order valence-electron chi connectivity index (χ4n) is 4.59. The van der Waals surface area contributed by atoms with Crippen molar-refractivity contribution in [2.75, 3.05) is 0 Å². The molecule has 0 bridgehead atoms. The van der Waals surface area contributed by atoms with E-state index in [9.17, 15) is 14.7 Å². The summed E-state index contributed by atoms with van der Waals surface area (Å²) in [6.07, 6.45) is 23.2. The van der Waals surface area contributed by atoms with Crippen molar-refractivity contribution in [1.29, 1.82) is 0 Å². The Kier molecular flexibility index (Phi) is 20.1. The minimum atomic E-state index is -0.884. The molecule has 0 aliphatic heterocycles. The molecule has 0 unspecified atom stereocenters. The van der Waals surface area contributed by atoms with E-state index in [0.29, 0.717) is 12.8 Å². The summed E-state index contributed by atoms with van der Waals surface area (Å²) < 4.78 is 0. The Morgan fingerprint density at radius 1 is 0.516 bits per heavy atom. The lowest BCUT2D eigenvalue weighted by Crippen LogP contribution is -2.32. The van der Waals surface area contributed by atoms with Crippen LogP contribution in [0.4, 0.5) is 0 Å². The molecule has 184 valence electrons. The zero-order valence-corrected chi connectivity index (χ0v) is 20.8. The van der Waals surface area contributed by atoms with E-state index < -0.39 is 17.4 Å². The zero-order chi connectivity index (χ0) is 23.2. The van der Waals surface area contributed by atoms with E-state index in [0.717, 1.165) is 25.7 Å². The van der Waals surface area contributed by atoms with Gasteiger partial charge in [-0.25, -0.2) is 0 Å². The Hall–Kier alpha value is -1.06. The van der Waals surface area contributed by atoms with Crippen molar-refractivity contribution in [1.82, 2.24) is 0 Å². The number of carbonyl (C=O) groups is 2. The number of carboxylic acids is 2. The van der Waals surface area contributed by atoms with Gasteiger partial charge in [-0.15, -0.1) is 0 Å². The highest BCUT2D eigenvalue weighted by atomic mass is 16.4. The third kappa shape index (κ3) is 17.2. The molecule has 0 radical (unpaired) electrons. The predicted octanol–water partition coefficient (Wildman–Crippen LogP) is 8.76. The number of hydrogen-bond acceptors (Lipinski definition) is 2. The van der Waals surface area contributed by atoms with Crippen LogP contribution in [0.2, 0.25) is 0 Å². The molecule has 0 saturated carbocycles. The van der Waals surface area contributed by atoms with Gasteiger partial charge in [-0.2, -0.15) is 0 Å². The van der Waals surface area contributed by atoms with Crippen LogP contribution >= 0.6 is 0 Å². The van der Waals surface area contributed by atoms with Gasteiger partial charge in [-0.3, -0.25) is 9.59 Å². The SMILES string of the molecule is CCCCCCCCCCCC(CCCCCCCCCCC)(CCC(=O)O)C(=O)O. The Morgan fingerprint density at radius 3 is 1.13 bits per heavy atom. The highest BCUT2D eigenvalue weighted by Crippen LogP contribution is 2.37. The second-order valence-electron chi connectivity index (χ2n) is 9.64. The van der Waals surface area contributed by atoms with E-state index in [1.807, 2.05) is 0 Å². The topological polar surface area (TPSA) is 74.6 Å². The predicted molar refractivity (Wildman–Crippen MR) is 131 cm³/mol. The maximum atomic E-state index is 12.2. The van der Waals surface area contributed by atoms with Gasteiger partial charge in [0.15, 0.2) is 0 Å². The lowest BCUT2D eigenvalue weighted by molar-refractivity contribution is -0.151. The van der Waals surface area contributed by atoms with Crippen LogP contribution in [0.3, 0.4) is 0 Å². The molecule has 0 heterocycles. The van der Waals surface area contributed by atoms with Crippen LogP contribution in [0.1, 0.15) is 155 Å². The van der Waals surface area contributed by atoms with Gasteiger partial charge >= 0.3 is 11.9 Å². The second-order valence-corrected chi connectivity index (χ2v) is 9.64. The molecule has 0 atom stereocenters. The molecule has 0 saturated heterocycles. The van der Waals surface area contributed by atoms with Crippen LogP contribution < -0.4 is 0 Å². The van der Waals surface area contributed by atoms with Crippen molar-refractivity contribution < 1.29 is 19.8 Å². The molecular weight excluding hydrogens is 388 g/mol. The van der Waals surface area contributed by atoms with Gasteiger partial charge < -0.3 is 10.2 Å². The number of rotatable bonds is 24. The molecule has 0 amide bonds. The maximum Gasteiger partial charge on any atom is 0.309 e. The van der Waals surface area contributed by atoms with E-state index in [2.05, 4.69) is 13.8 Å². The monoisotopic (exact) mass is 440 g/mol. The summed E-state index contributed by atoms with van der Waals surface area (Å²) in [6, 6.07) is 0. The smallest absolute Gasteiger partial charge is 0.309 e. The Morgan fingerprint density at radius 2 is 0.839 bits per heavy atom. The van der Waals surface area contributed by atoms with E-state index in [-0.39, 0.29) is 12.8 Å². The summed E-state index contributed by atoms with van der Waals surface area (Å²) in [6.45, 7) is 4.46. The molecule has 0 rings (SSSR count). The summed E-state index contributed by atoms with van der Waals surface area (Å²) in [7, 11) is 0. The third-order valence-corrected chi connectivity index (χ3v) is 6.79. The fraction of sp³-hybridized carbons (Fsp3) is 0.926. The molecule has 0 spiro atoms. The molecule has 31 heavy (non-hydrogen) atoms. The average Bonchev–Trinajstić information content (AvgIpc) is 2.74. The molecule has 2 N–H and O–H groups in total. The number of aliphatic carboxylic acids is 2. The highest BCUT2D eigenvalue weighted by molar-refractivity contribution is 5.76. The Labute approximate surface area is 192 Å². The first-order valence-electron chi connectivity index (χ1n) is 13.4. The van der Waals surface area contributed by atoms with Crippen LogP contribution in [-0.4, -0.2) is 22.2 Å². The first-order chi connectivity index (χ1) is 15.0. The van der Waals surface area contributed by atoms with E-state index in [1.165, 1.54) is 89.9 Å². The average molecular weight is 441 g/mol. The molecule has 0 aliphatic carbocycles. The first-order valence-corrected chi connectivity index (χ1v) is 13.4. The van der Waals surface area contributed by atoms with Gasteiger partial charge in [0.2, 0.25) is 0 Å². The van der Waals surface area contributed by atoms with Crippen molar-refractivity contribution >= 4 is 11.9 Å². The van der Waals surface area contributed by atoms with Crippen molar-refractivity contribution in [3.63, 3.8) is 0 Å². The zero-order valence-electron chi connectivity index (χ0n) is 20.8. The molecule has 0 aromatic carbocycles. The quantitative estimate of drug-likeness (QED) is 0.147. The molecule has 4 nitrogen and oxygen atoms in total. The number of carboxylic acid groups (broad SMARTS) is 2. The van der Waals surface area contributed by atoms with E-state index >= 15 is 0 Å². The van der Waals surface area contributed by atoms with Crippen molar-refractivity contribution in [3.05, 3.63) is 0 Å². The summed E-state index contributed by atoms with van der Waals surface area (Å²) in [4.78, 5) is 23.3. The van der Waals surface area contributed by atoms with Crippen LogP contribution in [0.25, 0.3) is 0 Å². The summed E-state index contributed by atoms with van der Waals surface area (Å²) in [5.41, 5.74) is -0.847. The number of hydrogen-bond donors (Lipinski definition) is 2. The number of unbranched alkanes of at least 4 members (excludes halogenated alkanes) is 16. The second kappa shape index (κ2) is 20.8. The summed E-state index contributed by atoms with van der Waals surface area (Å²) in [5, 5.41) is 19.1. The lowest BCUT2D eigenvalue weighted by Gasteiger charge is -2.29. The van der Waals surface area contributed by atoms with Gasteiger partial charge in [-0.05, 0) is 19.3 Å². The standard InChI is InChI=1S/C27H52O4/c1-3-5-7-9-11-13-15-17-19-22-27(26(30)31,24-21-25(28)29)23-20-18-16-14-12-10-8-6-4-2/h3-24H2,1-2H3,(H,28,29)(H,30,31). The normalized spacial score (nSPS) is 11.7. The van der Waals surface area contributed by atoms with E-state index in [1.54, 1.807) is 0 Å². The van der Waals surface area contributed by atoms with Gasteiger partial charge in [0, 0.05) is 6.42 Å². The first kappa shape index (κ1) is 29.9. The molecule has 4 heteroatoms. The van der Waals surface area contributed by atoms with Gasteiger partial charge in [0.1, 0.15) is 0 Å². The lowest BCUT2D eigenvalue weighted by atomic mass is 9.74. The molecular formula is C27H52O4. The minimum Gasteiger partial charge on any atom is -0.481 e.